The second-order valence-electron chi connectivity index (χ2n) is 7.44. The third kappa shape index (κ3) is 4.05. The lowest BCUT2D eigenvalue weighted by molar-refractivity contribution is 0.0684. The summed E-state index contributed by atoms with van der Waals surface area (Å²) in [5.74, 6) is -1.77. The molecule has 0 radical (unpaired) electrons. The highest BCUT2D eigenvalue weighted by Crippen LogP contribution is 2.27. The van der Waals surface area contributed by atoms with Crippen molar-refractivity contribution in [3.8, 4) is 0 Å². The van der Waals surface area contributed by atoms with Gasteiger partial charge in [-0.1, -0.05) is 12.1 Å². The molecule has 0 saturated heterocycles. The summed E-state index contributed by atoms with van der Waals surface area (Å²) in [6.07, 6.45) is 2.38. The highest BCUT2D eigenvalue weighted by Gasteiger charge is 2.18. The van der Waals surface area contributed by atoms with Crippen LogP contribution in [0.2, 0.25) is 0 Å². The normalized spacial score (nSPS) is 10.9. The Hall–Kier alpha value is -2.62. The van der Waals surface area contributed by atoms with Crippen molar-refractivity contribution >= 4 is 11.9 Å². The van der Waals surface area contributed by atoms with Gasteiger partial charge < -0.3 is 10.2 Å². The molecule has 0 atom stereocenters. The Morgan fingerprint density at radius 1 is 0.667 bits per heavy atom. The van der Waals surface area contributed by atoms with Gasteiger partial charge in [0.15, 0.2) is 0 Å². The van der Waals surface area contributed by atoms with Crippen LogP contribution < -0.4 is 0 Å². The van der Waals surface area contributed by atoms with Gasteiger partial charge in [-0.05, 0) is 105 Å². The van der Waals surface area contributed by atoms with Gasteiger partial charge in [0.05, 0.1) is 11.1 Å². The van der Waals surface area contributed by atoms with E-state index in [0.717, 1.165) is 63.8 Å². The highest BCUT2D eigenvalue weighted by molar-refractivity contribution is 5.92. The van der Waals surface area contributed by atoms with E-state index < -0.39 is 11.9 Å². The van der Waals surface area contributed by atoms with Crippen molar-refractivity contribution in [3.05, 3.63) is 67.8 Å². The summed E-state index contributed by atoms with van der Waals surface area (Å²) in [5.41, 5.74) is 8.43. The van der Waals surface area contributed by atoms with Gasteiger partial charge >= 0.3 is 11.9 Å². The first-order chi connectivity index (χ1) is 12.6. The van der Waals surface area contributed by atoms with Gasteiger partial charge in [0, 0.05) is 0 Å². The number of hydrogen-bond acceptors (Lipinski definition) is 2. The number of carboxylic acids is 2. The summed E-state index contributed by atoms with van der Waals surface area (Å²) in [7, 11) is 0. The van der Waals surface area contributed by atoms with E-state index >= 15 is 0 Å². The van der Waals surface area contributed by atoms with E-state index in [1.807, 2.05) is 53.7 Å². The van der Waals surface area contributed by atoms with Gasteiger partial charge in [0.2, 0.25) is 0 Å². The lowest BCUT2D eigenvalue weighted by atomic mass is 9.87. The molecule has 0 heterocycles. The van der Waals surface area contributed by atoms with Crippen LogP contribution in [0, 0.1) is 41.5 Å². The zero-order valence-corrected chi connectivity index (χ0v) is 17.0. The first-order valence-electron chi connectivity index (χ1n) is 9.22. The monoisotopic (exact) mass is 368 g/mol. The van der Waals surface area contributed by atoms with Crippen LogP contribution in [0.4, 0.5) is 0 Å². The molecule has 4 heteroatoms. The molecule has 4 nitrogen and oxygen atoms in total. The quantitative estimate of drug-likeness (QED) is 0.743. The predicted octanol–water partition coefficient (Wildman–Crippen LogP) is 5.11. The van der Waals surface area contributed by atoms with Crippen molar-refractivity contribution in [1.29, 1.82) is 0 Å². The van der Waals surface area contributed by atoms with E-state index in [-0.39, 0.29) is 0 Å². The smallest absolute Gasteiger partial charge is 0.336 e. The molecule has 2 rings (SSSR count). The maximum absolute atomic E-state index is 11.6. The van der Waals surface area contributed by atoms with Crippen LogP contribution in [-0.4, -0.2) is 22.2 Å². The van der Waals surface area contributed by atoms with Gasteiger partial charge in [0.25, 0.3) is 0 Å². The molecular weight excluding hydrogens is 340 g/mol. The minimum Gasteiger partial charge on any atom is -0.478 e. The van der Waals surface area contributed by atoms with Crippen LogP contribution in [0.1, 0.15) is 71.6 Å². The number of carboxylic acid groups (broad SMARTS) is 2. The molecule has 2 aromatic carbocycles. The fraction of sp³-hybridized carbons (Fsp3) is 0.391. The van der Waals surface area contributed by atoms with Crippen LogP contribution in [0.25, 0.3) is 0 Å². The molecule has 2 N–H and O–H groups in total. The number of aryl methyl sites for hydroxylation is 4. The standard InChI is InChI=1S/C23H28O4/c1-12-10-14(3)20(22(24)25)16(5)18(12)8-7-9-19-13(2)11-15(4)21(17(19)6)23(26)27/h10-11H,7-9H2,1-6H3,(H,24,25)(H,26,27). The highest BCUT2D eigenvalue weighted by atomic mass is 16.4. The molecule has 0 amide bonds. The lowest BCUT2D eigenvalue weighted by Gasteiger charge is -2.17. The Kier molecular flexibility index (Phi) is 6.09. The fourth-order valence-electron chi connectivity index (χ4n) is 4.32. The molecule has 0 unspecified atom stereocenters. The number of rotatable bonds is 6. The predicted molar refractivity (Wildman–Crippen MR) is 107 cm³/mol. The summed E-state index contributed by atoms with van der Waals surface area (Å²) in [6.45, 7) is 11.5. The molecule has 0 aliphatic heterocycles. The summed E-state index contributed by atoms with van der Waals surface area (Å²) in [5, 5.41) is 19.0. The maximum atomic E-state index is 11.6. The van der Waals surface area contributed by atoms with Crippen molar-refractivity contribution in [2.75, 3.05) is 0 Å². The van der Waals surface area contributed by atoms with E-state index in [4.69, 9.17) is 0 Å². The zero-order chi connectivity index (χ0) is 20.5. The van der Waals surface area contributed by atoms with Crippen LogP contribution in [-0.2, 0) is 12.8 Å². The second-order valence-corrected chi connectivity index (χ2v) is 7.44. The topological polar surface area (TPSA) is 74.6 Å². The average molecular weight is 368 g/mol. The molecule has 0 fully saturated rings. The molecule has 0 aliphatic carbocycles. The SMILES string of the molecule is Cc1cc(C)c(C(=O)O)c(C)c1CCCc1c(C)cc(C)c(C(=O)O)c1C. The molecule has 0 bridgehead atoms. The molecule has 0 spiro atoms. The third-order valence-corrected chi connectivity index (χ3v) is 5.54. The van der Waals surface area contributed by atoms with Gasteiger partial charge in [0.1, 0.15) is 0 Å². The number of carbonyl (C=O) groups is 2. The van der Waals surface area contributed by atoms with E-state index in [1.165, 1.54) is 0 Å². The largest absolute Gasteiger partial charge is 0.478 e. The Balaban J connectivity index is 2.31. The molecule has 0 saturated carbocycles. The summed E-state index contributed by atoms with van der Waals surface area (Å²) in [6, 6.07) is 3.88. The Morgan fingerprint density at radius 3 is 1.30 bits per heavy atom. The van der Waals surface area contributed by atoms with Crippen molar-refractivity contribution in [1.82, 2.24) is 0 Å². The number of hydrogen-bond donors (Lipinski definition) is 2. The summed E-state index contributed by atoms with van der Waals surface area (Å²) >= 11 is 0. The first kappa shape index (κ1) is 20.7. The fourth-order valence-corrected chi connectivity index (χ4v) is 4.32. The third-order valence-electron chi connectivity index (χ3n) is 5.54. The molecule has 27 heavy (non-hydrogen) atoms. The van der Waals surface area contributed by atoms with Crippen LogP contribution in [0.3, 0.4) is 0 Å². The molecular formula is C23H28O4. The Labute approximate surface area is 160 Å². The lowest BCUT2D eigenvalue weighted by Crippen LogP contribution is -2.10. The van der Waals surface area contributed by atoms with E-state index in [1.54, 1.807) is 0 Å². The van der Waals surface area contributed by atoms with Crippen LogP contribution in [0.15, 0.2) is 12.1 Å². The van der Waals surface area contributed by atoms with Gasteiger partial charge in [-0.3, -0.25) is 0 Å². The second kappa shape index (κ2) is 7.95. The van der Waals surface area contributed by atoms with Gasteiger partial charge in [-0.25, -0.2) is 9.59 Å². The van der Waals surface area contributed by atoms with Gasteiger partial charge in [-0.15, -0.1) is 0 Å². The average Bonchev–Trinajstić information content (AvgIpc) is 2.51. The molecule has 0 aliphatic rings. The zero-order valence-electron chi connectivity index (χ0n) is 17.0. The van der Waals surface area contributed by atoms with Crippen molar-refractivity contribution < 1.29 is 19.8 Å². The first-order valence-corrected chi connectivity index (χ1v) is 9.22. The Morgan fingerprint density at radius 2 is 1.00 bits per heavy atom. The van der Waals surface area contributed by atoms with E-state index in [0.29, 0.717) is 11.1 Å². The molecule has 144 valence electrons. The molecule has 2 aromatic rings. The Bertz CT molecular complexity index is 847. The minimum absolute atomic E-state index is 0.395. The number of benzene rings is 2. The number of aromatic carboxylic acids is 2. The van der Waals surface area contributed by atoms with Gasteiger partial charge in [-0.2, -0.15) is 0 Å². The van der Waals surface area contributed by atoms with Crippen molar-refractivity contribution in [2.45, 2.75) is 60.8 Å². The summed E-state index contributed by atoms with van der Waals surface area (Å²) in [4.78, 5) is 23.1. The van der Waals surface area contributed by atoms with E-state index in [2.05, 4.69) is 0 Å². The van der Waals surface area contributed by atoms with Crippen molar-refractivity contribution in [3.63, 3.8) is 0 Å². The van der Waals surface area contributed by atoms with Crippen LogP contribution in [0.5, 0.6) is 0 Å². The van der Waals surface area contributed by atoms with Crippen LogP contribution >= 0.6 is 0 Å². The molecule has 0 aromatic heterocycles. The summed E-state index contributed by atoms with van der Waals surface area (Å²) < 4.78 is 0. The minimum atomic E-state index is -0.887. The van der Waals surface area contributed by atoms with E-state index in [9.17, 15) is 19.8 Å². The maximum Gasteiger partial charge on any atom is 0.336 e. The van der Waals surface area contributed by atoms with Crippen molar-refractivity contribution in [2.24, 2.45) is 0 Å².